The molecule has 0 amide bonds. The van der Waals surface area contributed by atoms with E-state index in [1.165, 1.54) is 6.42 Å². The molecule has 5 rings (SSSR count). The van der Waals surface area contributed by atoms with Gasteiger partial charge in [0.1, 0.15) is 17.7 Å². The van der Waals surface area contributed by atoms with Gasteiger partial charge < -0.3 is 4.74 Å². The van der Waals surface area contributed by atoms with Crippen LogP contribution in [0.25, 0.3) is 0 Å². The Labute approximate surface area is 173 Å². The first kappa shape index (κ1) is 20.3. The Hall–Kier alpha value is -1.97. The zero-order valence-corrected chi connectivity index (χ0v) is 17.8. The number of hydrogen-bond acceptors (Lipinski definition) is 4. The fraction of sp³-hybridized carbons (Fsp3) is 0.640. The van der Waals surface area contributed by atoms with Gasteiger partial charge in [-0.3, -0.25) is 14.4 Å². The normalized spacial score (nSPS) is 34.2. The molecule has 156 valence electrons. The molecular weight excluding hydrogens is 364 g/mol. The summed E-state index contributed by atoms with van der Waals surface area (Å²) in [4.78, 5) is 40.3. The number of benzene rings is 1. The Bertz CT molecular complexity index is 820. The summed E-state index contributed by atoms with van der Waals surface area (Å²) in [6, 6.07) is 9.86. The number of ether oxygens (including phenoxy) is 1. The zero-order chi connectivity index (χ0) is 20.9. The first-order valence-electron chi connectivity index (χ1n) is 11.0. The molecule has 3 atom stereocenters. The van der Waals surface area contributed by atoms with Crippen molar-refractivity contribution in [1.29, 1.82) is 0 Å². The van der Waals surface area contributed by atoms with E-state index in [0.717, 1.165) is 31.2 Å². The zero-order valence-electron chi connectivity index (χ0n) is 17.8. The van der Waals surface area contributed by atoms with Crippen LogP contribution in [-0.4, -0.2) is 23.6 Å². The molecule has 0 unspecified atom stereocenters. The lowest BCUT2D eigenvalue weighted by atomic mass is 9.39. The maximum atomic E-state index is 13.6. The molecule has 4 aliphatic carbocycles. The molecule has 0 saturated heterocycles. The summed E-state index contributed by atoms with van der Waals surface area (Å²) in [5, 5.41) is 0. The Morgan fingerprint density at radius 2 is 1.69 bits per heavy atom. The maximum absolute atomic E-state index is 13.6. The SMILES string of the molecule is CC1(C)C(=O)[C@@]2(C)CC(=O)[C@]1(Cc1ccccc1)C[C@@H]2C(=O)OC1CCCCC1. The van der Waals surface area contributed by atoms with Gasteiger partial charge in [-0.1, -0.05) is 57.5 Å². The van der Waals surface area contributed by atoms with Crippen LogP contribution in [0, 0.1) is 22.2 Å². The smallest absolute Gasteiger partial charge is 0.310 e. The fourth-order valence-electron chi connectivity index (χ4n) is 6.20. The molecule has 29 heavy (non-hydrogen) atoms. The van der Waals surface area contributed by atoms with Gasteiger partial charge >= 0.3 is 5.97 Å². The van der Waals surface area contributed by atoms with E-state index in [4.69, 9.17) is 4.74 Å². The van der Waals surface area contributed by atoms with E-state index in [1.807, 2.05) is 51.1 Å². The van der Waals surface area contributed by atoms with Gasteiger partial charge in [0.15, 0.2) is 0 Å². The standard InChI is InChI=1S/C25H32O4/c1-23(2)22(28)24(3)16-20(26)25(23,14-17-10-6-4-7-11-17)15-19(24)21(27)29-18-12-8-5-9-13-18/h4,6-7,10-11,18-19H,5,8-9,12-16H2,1-3H3/t19-,24+,25+/m1/s1. The summed E-state index contributed by atoms with van der Waals surface area (Å²) in [5.74, 6) is -0.646. The largest absolute Gasteiger partial charge is 0.462 e. The van der Waals surface area contributed by atoms with Gasteiger partial charge in [-0.25, -0.2) is 0 Å². The van der Waals surface area contributed by atoms with E-state index in [-0.39, 0.29) is 30.1 Å². The van der Waals surface area contributed by atoms with Crippen molar-refractivity contribution in [2.45, 2.75) is 78.2 Å². The van der Waals surface area contributed by atoms with Gasteiger partial charge in [0.05, 0.1) is 5.92 Å². The predicted octanol–water partition coefficient (Wildman–Crippen LogP) is 4.69. The highest BCUT2D eigenvalue weighted by Gasteiger charge is 2.71. The Morgan fingerprint density at radius 3 is 2.34 bits per heavy atom. The van der Waals surface area contributed by atoms with Gasteiger partial charge in [0.2, 0.25) is 0 Å². The van der Waals surface area contributed by atoms with E-state index in [2.05, 4.69) is 0 Å². The molecule has 0 N–H and O–H groups in total. The summed E-state index contributed by atoms with van der Waals surface area (Å²) >= 11 is 0. The molecule has 0 aliphatic heterocycles. The highest BCUT2D eigenvalue weighted by Crippen LogP contribution is 2.64. The molecular formula is C25H32O4. The minimum absolute atomic E-state index is 0.0378. The van der Waals surface area contributed by atoms with Crippen LogP contribution >= 0.6 is 0 Å². The summed E-state index contributed by atoms with van der Waals surface area (Å²) in [5.41, 5.74) is -1.56. The van der Waals surface area contributed by atoms with Crippen molar-refractivity contribution in [2.75, 3.05) is 0 Å². The topological polar surface area (TPSA) is 60.4 Å². The number of hydrogen-bond donors (Lipinski definition) is 0. The fourth-order valence-corrected chi connectivity index (χ4v) is 6.20. The van der Waals surface area contributed by atoms with Crippen LogP contribution in [0.4, 0.5) is 0 Å². The molecule has 0 aromatic heterocycles. The van der Waals surface area contributed by atoms with E-state index in [0.29, 0.717) is 12.8 Å². The first-order valence-corrected chi connectivity index (χ1v) is 11.0. The minimum atomic E-state index is -0.954. The molecule has 4 nitrogen and oxygen atoms in total. The molecule has 0 radical (unpaired) electrons. The number of esters is 1. The molecule has 4 aliphatic rings. The van der Waals surface area contributed by atoms with Gasteiger partial charge in [-0.05, 0) is 44.1 Å². The van der Waals surface area contributed by atoms with Crippen LogP contribution in [0.1, 0.15) is 71.3 Å². The lowest BCUT2D eigenvalue weighted by Crippen LogP contribution is -2.69. The van der Waals surface area contributed by atoms with Gasteiger partial charge in [-0.15, -0.1) is 0 Å². The Kier molecular flexibility index (Phi) is 4.95. The van der Waals surface area contributed by atoms with E-state index in [1.54, 1.807) is 0 Å². The number of carbonyl (C=O) groups excluding carboxylic acids is 3. The average Bonchev–Trinajstić information content (AvgIpc) is 2.69. The van der Waals surface area contributed by atoms with Crippen molar-refractivity contribution in [2.24, 2.45) is 22.2 Å². The summed E-state index contributed by atoms with van der Waals surface area (Å²) in [6.07, 6.45) is 6.18. The van der Waals surface area contributed by atoms with Crippen molar-refractivity contribution in [3.05, 3.63) is 35.9 Å². The van der Waals surface area contributed by atoms with Crippen LogP contribution in [-0.2, 0) is 25.5 Å². The second-order valence-corrected chi connectivity index (χ2v) is 10.2. The highest BCUT2D eigenvalue weighted by atomic mass is 16.5. The summed E-state index contributed by atoms with van der Waals surface area (Å²) < 4.78 is 5.89. The molecule has 4 heteroatoms. The van der Waals surface area contributed by atoms with Crippen molar-refractivity contribution in [3.63, 3.8) is 0 Å². The molecule has 1 aromatic rings. The van der Waals surface area contributed by atoms with Crippen LogP contribution < -0.4 is 0 Å². The maximum Gasteiger partial charge on any atom is 0.310 e. The lowest BCUT2D eigenvalue weighted by Gasteiger charge is -2.61. The molecule has 1 aromatic carbocycles. The molecule has 4 saturated carbocycles. The Balaban J connectivity index is 1.67. The number of fused-ring (bicyclic) bond motifs is 3. The van der Waals surface area contributed by atoms with Gasteiger partial charge in [0, 0.05) is 22.7 Å². The summed E-state index contributed by atoms with van der Waals surface area (Å²) in [6.45, 7) is 5.61. The summed E-state index contributed by atoms with van der Waals surface area (Å²) in [7, 11) is 0. The van der Waals surface area contributed by atoms with Crippen LogP contribution in [0.2, 0.25) is 0 Å². The van der Waals surface area contributed by atoms with Gasteiger partial charge in [0.25, 0.3) is 0 Å². The number of ketones is 2. The second kappa shape index (κ2) is 7.07. The molecule has 4 fully saturated rings. The molecule has 2 bridgehead atoms. The number of rotatable bonds is 4. The average molecular weight is 397 g/mol. The quantitative estimate of drug-likeness (QED) is 0.693. The third-order valence-corrected chi connectivity index (χ3v) is 8.13. The van der Waals surface area contributed by atoms with Crippen LogP contribution in [0.5, 0.6) is 0 Å². The minimum Gasteiger partial charge on any atom is -0.462 e. The van der Waals surface area contributed by atoms with E-state index in [9.17, 15) is 14.4 Å². The third-order valence-electron chi connectivity index (χ3n) is 8.13. The van der Waals surface area contributed by atoms with Crippen molar-refractivity contribution in [3.8, 4) is 0 Å². The number of carbonyl (C=O) groups is 3. The Morgan fingerprint density at radius 1 is 1.03 bits per heavy atom. The monoisotopic (exact) mass is 396 g/mol. The van der Waals surface area contributed by atoms with E-state index >= 15 is 0 Å². The van der Waals surface area contributed by atoms with Gasteiger partial charge in [-0.2, -0.15) is 0 Å². The predicted molar refractivity (Wildman–Crippen MR) is 110 cm³/mol. The second-order valence-electron chi connectivity index (χ2n) is 10.2. The van der Waals surface area contributed by atoms with Crippen LogP contribution in [0.15, 0.2) is 30.3 Å². The first-order chi connectivity index (χ1) is 13.7. The van der Waals surface area contributed by atoms with Crippen molar-refractivity contribution in [1.82, 2.24) is 0 Å². The van der Waals surface area contributed by atoms with E-state index < -0.39 is 22.2 Å². The number of Topliss-reactive ketones (excluding diaryl/α,β-unsaturated/α-hetero) is 2. The third kappa shape index (κ3) is 3.06. The van der Waals surface area contributed by atoms with Crippen molar-refractivity contribution < 1.29 is 19.1 Å². The molecule has 0 spiro atoms. The lowest BCUT2D eigenvalue weighted by molar-refractivity contribution is -0.194. The highest BCUT2D eigenvalue weighted by molar-refractivity contribution is 6.08. The van der Waals surface area contributed by atoms with Crippen molar-refractivity contribution >= 4 is 17.5 Å². The van der Waals surface area contributed by atoms with Crippen LogP contribution in [0.3, 0.4) is 0 Å². The molecule has 0 heterocycles.